The van der Waals surface area contributed by atoms with Gasteiger partial charge in [0.25, 0.3) is 0 Å². The summed E-state index contributed by atoms with van der Waals surface area (Å²) in [6, 6.07) is 9.83. The van der Waals surface area contributed by atoms with Gasteiger partial charge in [-0.1, -0.05) is 50.1 Å². The van der Waals surface area contributed by atoms with E-state index in [1.54, 1.807) is 0 Å². The third kappa shape index (κ3) is 3.57. The van der Waals surface area contributed by atoms with Gasteiger partial charge in [0.2, 0.25) is 5.91 Å². The highest BCUT2D eigenvalue weighted by molar-refractivity contribution is 5.83. The zero-order valence-electron chi connectivity index (χ0n) is 11.6. The highest BCUT2D eigenvalue weighted by Crippen LogP contribution is 2.29. The third-order valence-corrected chi connectivity index (χ3v) is 4.05. The number of rotatable bonds is 5. The van der Waals surface area contributed by atoms with Gasteiger partial charge < -0.3 is 10.4 Å². The number of carbonyl (C=O) groups is 1. The molecule has 0 bridgehead atoms. The van der Waals surface area contributed by atoms with Crippen LogP contribution in [-0.4, -0.2) is 23.2 Å². The summed E-state index contributed by atoms with van der Waals surface area (Å²) in [6.07, 6.45) is 4.49. The first kappa shape index (κ1) is 14.1. The molecule has 0 aliphatic heterocycles. The Kier molecular flexibility index (Phi) is 4.59. The van der Waals surface area contributed by atoms with Crippen molar-refractivity contribution in [2.45, 2.75) is 50.5 Å². The second kappa shape index (κ2) is 6.20. The molecular weight excluding hydrogens is 238 g/mol. The van der Waals surface area contributed by atoms with Crippen LogP contribution in [0.15, 0.2) is 30.3 Å². The van der Waals surface area contributed by atoms with Gasteiger partial charge >= 0.3 is 0 Å². The molecule has 104 valence electrons. The summed E-state index contributed by atoms with van der Waals surface area (Å²) in [7, 11) is 0. The van der Waals surface area contributed by atoms with E-state index in [0.717, 1.165) is 37.7 Å². The summed E-state index contributed by atoms with van der Waals surface area (Å²) < 4.78 is 0. The quantitative estimate of drug-likeness (QED) is 0.856. The van der Waals surface area contributed by atoms with Crippen LogP contribution in [0.2, 0.25) is 0 Å². The van der Waals surface area contributed by atoms with E-state index in [2.05, 4.69) is 5.32 Å². The van der Waals surface area contributed by atoms with Crippen LogP contribution in [-0.2, 0) is 4.79 Å². The molecule has 1 unspecified atom stereocenters. The molecule has 0 heterocycles. The Balaban J connectivity index is 1.94. The standard InChI is InChI=1S/C16H23NO2/c1-2-14(13-8-4-3-5-9-13)15(18)17-12-16(19)10-6-7-11-16/h3-5,8-9,14,19H,2,6-7,10-12H2,1H3,(H,17,18). The van der Waals surface area contributed by atoms with Gasteiger partial charge in [0.1, 0.15) is 0 Å². The summed E-state index contributed by atoms with van der Waals surface area (Å²) in [5.41, 5.74) is 0.367. The minimum Gasteiger partial charge on any atom is -0.388 e. The van der Waals surface area contributed by atoms with Crippen LogP contribution < -0.4 is 5.32 Å². The summed E-state index contributed by atoms with van der Waals surface area (Å²) in [5.74, 6) is -0.0970. The summed E-state index contributed by atoms with van der Waals surface area (Å²) in [5, 5.41) is 13.2. The first-order valence-corrected chi connectivity index (χ1v) is 7.20. The van der Waals surface area contributed by atoms with E-state index in [0.29, 0.717) is 6.54 Å². The molecule has 0 radical (unpaired) electrons. The van der Waals surface area contributed by atoms with E-state index >= 15 is 0 Å². The lowest BCUT2D eigenvalue weighted by Gasteiger charge is -2.24. The van der Waals surface area contributed by atoms with E-state index in [-0.39, 0.29) is 11.8 Å². The maximum absolute atomic E-state index is 12.3. The van der Waals surface area contributed by atoms with Gasteiger partial charge in [-0.15, -0.1) is 0 Å². The van der Waals surface area contributed by atoms with E-state index in [1.165, 1.54) is 0 Å². The van der Waals surface area contributed by atoms with Crippen LogP contribution in [0.5, 0.6) is 0 Å². The molecule has 19 heavy (non-hydrogen) atoms. The van der Waals surface area contributed by atoms with Crippen molar-refractivity contribution < 1.29 is 9.90 Å². The molecule has 1 aromatic carbocycles. The van der Waals surface area contributed by atoms with Crippen molar-refractivity contribution in [3.05, 3.63) is 35.9 Å². The lowest BCUT2D eigenvalue weighted by Crippen LogP contribution is -2.42. The number of benzene rings is 1. The van der Waals surface area contributed by atoms with Crippen LogP contribution in [0, 0.1) is 0 Å². The number of amides is 1. The molecule has 1 aliphatic carbocycles. The molecule has 0 saturated heterocycles. The second-order valence-electron chi connectivity index (χ2n) is 5.52. The highest BCUT2D eigenvalue weighted by atomic mass is 16.3. The van der Waals surface area contributed by atoms with Crippen molar-refractivity contribution in [2.75, 3.05) is 6.54 Å². The Labute approximate surface area is 115 Å². The fraction of sp³-hybridized carbons (Fsp3) is 0.562. The lowest BCUT2D eigenvalue weighted by molar-refractivity contribution is -0.123. The maximum Gasteiger partial charge on any atom is 0.227 e. The molecule has 1 aromatic rings. The van der Waals surface area contributed by atoms with Crippen LogP contribution in [0.1, 0.15) is 50.5 Å². The summed E-state index contributed by atoms with van der Waals surface area (Å²) in [4.78, 5) is 12.3. The van der Waals surface area contributed by atoms with Crippen molar-refractivity contribution in [3.63, 3.8) is 0 Å². The Morgan fingerprint density at radius 3 is 2.53 bits per heavy atom. The first-order valence-electron chi connectivity index (χ1n) is 7.20. The maximum atomic E-state index is 12.3. The minimum absolute atomic E-state index is 0.0222. The van der Waals surface area contributed by atoms with Crippen LogP contribution >= 0.6 is 0 Å². The van der Waals surface area contributed by atoms with E-state index < -0.39 is 5.60 Å². The minimum atomic E-state index is -0.676. The van der Waals surface area contributed by atoms with Crippen molar-refractivity contribution in [1.29, 1.82) is 0 Å². The second-order valence-corrected chi connectivity index (χ2v) is 5.52. The van der Waals surface area contributed by atoms with E-state index in [1.807, 2.05) is 37.3 Å². The van der Waals surface area contributed by atoms with Crippen molar-refractivity contribution in [3.8, 4) is 0 Å². The first-order chi connectivity index (χ1) is 9.14. The van der Waals surface area contributed by atoms with Crippen molar-refractivity contribution >= 4 is 5.91 Å². The fourth-order valence-electron chi connectivity index (χ4n) is 2.84. The predicted octanol–water partition coefficient (Wildman–Crippen LogP) is 2.60. The smallest absolute Gasteiger partial charge is 0.227 e. The normalized spacial score (nSPS) is 19.1. The molecule has 1 fully saturated rings. The molecule has 0 spiro atoms. The molecule has 2 rings (SSSR count). The molecule has 2 N–H and O–H groups in total. The van der Waals surface area contributed by atoms with Crippen molar-refractivity contribution in [2.24, 2.45) is 0 Å². The Hall–Kier alpha value is -1.35. The van der Waals surface area contributed by atoms with E-state index in [9.17, 15) is 9.90 Å². The lowest BCUT2D eigenvalue weighted by atomic mass is 9.95. The fourth-order valence-corrected chi connectivity index (χ4v) is 2.84. The van der Waals surface area contributed by atoms with Gasteiger partial charge in [-0.3, -0.25) is 4.79 Å². The molecular formula is C16H23NO2. The monoisotopic (exact) mass is 261 g/mol. The SMILES string of the molecule is CCC(C(=O)NCC1(O)CCCC1)c1ccccc1. The van der Waals surface area contributed by atoms with Gasteiger partial charge in [0.15, 0.2) is 0 Å². The van der Waals surface area contributed by atoms with Crippen molar-refractivity contribution in [1.82, 2.24) is 5.32 Å². The molecule has 1 aliphatic rings. The van der Waals surface area contributed by atoms with Gasteiger partial charge in [-0.2, -0.15) is 0 Å². The largest absolute Gasteiger partial charge is 0.388 e. The van der Waals surface area contributed by atoms with Crippen LogP contribution in [0.25, 0.3) is 0 Å². The number of hydrogen-bond acceptors (Lipinski definition) is 2. The Bertz CT molecular complexity index is 410. The van der Waals surface area contributed by atoms with E-state index in [4.69, 9.17) is 0 Å². The van der Waals surface area contributed by atoms with Gasteiger partial charge in [0.05, 0.1) is 11.5 Å². The Morgan fingerprint density at radius 1 is 1.32 bits per heavy atom. The molecule has 1 amide bonds. The molecule has 1 saturated carbocycles. The summed E-state index contributed by atoms with van der Waals surface area (Å²) >= 11 is 0. The molecule has 3 heteroatoms. The van der Waals surface area contributed by atoms with Gasteiger partial charge in [-0.25, -0.2) is 0 Å². The molecule has 0 aromatic heterocycles. The van der Waals surface area contributed by atoms with Crippen LogP contribution in [0.4, 0.5) is 0 Å². The zero-order valence-corrected chi connectivity index (χ0v) is 11.6. The predicted molar refractivity (Wildman–Crippen MR) is 75.9 cm³/mol. The number of nitrogens with one attached hydrogen (secondary N) is 1. The summed E-state index contributed by atoms with van der Waals surface area (Å²) in [6.45, 7) is 2.40. The zero-order chi connectivity index (χ0) is 13.7. The van der Waals surface area contributed by atoms with Gasteiger partial charge in [-0.05, 0) is 24.8 Å². The molecule has 1 atom stereocenters. The molecule has 3 nitrogen and oxygen atoms in total. The third-order valence-electron chi connectivity index (χ3n) is 4.05. The Morgan fingerprint density at radius 2 is 1.95 bits per heavy atom. The highest BCUT2D eigenvalue weighted by Gasteiger charge is 2.32. The number of aliphatic hydroxyl groups is 1. The van der Waals surface area contributed by atoms with Gasteiger partial charge in [0, 0.05) is 6.54 Å². The topological polar surface area (TPSA) is 49.3 Å². The van der Waals surface area contributed by atoms with Crippen LogP contribution in [0.3, 0.4) is 0 Å². The average molecular weight is 261 g/mol. The number of carbonyl (C=O) groups excluding carboxylic acids is 1. The average Bonchev–Trinajstić information content (AvgIpc) is 2.86. The number of hydrogen-bond donors (Lipinski definition) is 2.